The van der Waals surface area contributed by atoms with Crippen LogP contribution < -0.4 is 0 Å². The Hall–Kier alpha value is -0.940. The van der Waals surface area contributed by atoms with E-state index in [4.69, 9.17) is 5.11 Å². The van der Waals surface area contributed by atoms with E-state index in [1.807, 2.05) is 0 Å². The molecule has 1 fully saturated rings. The molecule has 0 amide bonds. The van der Waals surface area contributed by atoms with Gasteiger partial charge in [-0.25, -0.2) is 4.39 Å². The molecule has 1 aromatic rings. The number of hydrogen-bond acceptors (Lipinski definition) is 2. The van der Waals surface area contributed by atoms with Crippen molar-refractivity contribution < 1.29 is 14.3 Å². The van der Waals surface area contributed by atoms with E-state index in [2.05, 4.69) is 20.8 Å². The van der Waals surface area contributed by atoms with Gasteiger partial charge in [0.2, 0.25) is 0 Å². The van der Waals surface area contributed by atoms with Gasteiger partial charge in [0.1, 0.15) is 5.82 Å². The van der Waals surface area contributed by atoms with Gasteiger partial charge >= 0.3 is 5.97 Å². The third-order valence-corrected chi connectivity index (χ3v) is 4.26. The lowest BCUT2D eigenvalue weighted by Crippen LogP contribution is -2.50. The molecule has 1 N–H and O–H groups in total. The predicted octanol–water partition coefficient (Wildman–Crippen LogP) is 2.74. The topological polar surface area (TPSA) is 40.5 Å². The second-order valence-corrected chi connectivity index (χ2v) is 5.67. The van der Waals surface area contributed by atoms with Gasteiger partial charge in [-0.05, 0) is 29.7 Å². The number of benzene rings is 1. The predicted molar refractivity (Wildman–Crippen MR) is 69.7 cm³/mol. The van der Waals surface area contributed by atoms with Crippen LogP contribution in [0.5, 0.6) is 0 Å². The summed E-state index contributed by atoms with van der Waals surface area (Å²) in [7, 11) is 0. The zero-order valence-corrected chi connectivity index (χ0v) is 11.7. The van der Waals surface area contributed by atoms with Gasteiger partial charge in [0.25, 0.3) is 0 Å². The summed E-state index contributed by atoms with van der Waals surface area (Å²) in [5.41, 5.74) is 0.899. The number of carbonyl (C=O) groups is 1. The molecule has 0 aromatic heterocycles. The van der Waals surface area contributed by atoms with Crippen LogP contribution in [0.4, 0.5) is 4.39 Å². The van der Waals surface area contributed by atoms with Gasteiger partial charge in [-0.2, -0.15) is 0 Å². The van der Waals surface area contributed by atoms with Gasteiger partial charge in [-0.15, -0.1) is 0 Å². The Morgan fingerprint density at radius 1 is 1.61 bits per heavy atom. The van der Waals surface area contributed by atoms with Crippen molar-refractivity contribution in [2.75, 3.05) is 13.1 Å². The van der Waals surface area contributed by atoms with Gasteiger partial charge in [-0.3, -0.25) is 9.69 Å². The van der Waals surface area contributed by atoms with Gasteiger partial charge in [0.05, 0.1) is 5.92 Å². The second kappa shape index (κ2) is 5.36. The fourth-order valence-electron chi connectivity index (χ4n) is 2.16. The van der Waals surface area contributed by atoms with E-state index < -0.39 is 5.97 Å². The maximum absolute atomic E-state index is 13.1. The van der Waals surface area contributed by atoms with E-state index >= 15 is 0 Å². The number of likely N-dealkylation sites (tertiary alicyclic amines) is 1. The van der Waals surface area contributed by atoms with Crippen molar-refractivity contribution in [3.63, 3.8) is 0 Å². The van der Waals surface area contributed by atoms with E-state index in [-0.39, 0.29) is 17.7 Å². The number of carboxylic acids is 1. The van der Waals surface area contributed by atoms with E-state index in [9.17, 15) is 9.18 Å². The molecule has 18 heavy (non-hydrogen) atoms. The van der Waals surface area contributed by atoms with Crippen LogP contribution in [-0.2, 0) is 11.3 Å². The minimum Gasteiger partial charge on any atom is -0.481 e. The van der Waals surface area contributed by atoms with Crippen LogP contribution in [-0.4, -0.2) is 29.1 Å². The molecule has 1 aliphatic heterocycles. The first-order chi connectivity index (χ1) is 8.47. The molecule has 1 unspecified atom stereocenters. The lowest BCUT2D eigenvalue weighted by Gasteiger charge is -2.41. The molecule has 1 aromatic carbocycles. The highest BCUT2D eigenvalue weighted by atomic mass is 79.9. The molecule has 0 spiro atoms. The fraction of sp³-hybridized carbons (Fsp3) is 0.462. The molecule has 1 aliphatic rings. The van der Waals surface area contributed by atoms with Crippen molar-refractivity contribution in [2.24, 2.45) is 11.8 Å². The maximum atomic E-state index is 13.1. The Balaban J connectivity index is 1.90. The zero-order valence-electron chi connectivity index (χ0n) is 10.1. The maximum Gasteiger partial charge on any atom is 0.306 e. The minimum atomic E-state index is -0.744. The van der Waals surface area contributed by atoms with Gasteiger partial charge in [0.15, 0.2) is 0 Å². The summed E-state index contributed by atoms with van der Waals surface area (Å²) in [5, 5.41) is 8.90. The van der Waals surface area contributed by atoms with Gasteiger partial charge in [-0.1, -0.05) is 22.9 Å². The molecule has 0 aliphatic carbocycles. The van der Waals surface area contributed by atoms with Crippen LogP contribution in [0.15, 0.2) is 22.7 Å². The molecule has 1 heterocycles. The Bertz CT molecular complexity index is 460. The van der Waals surface area contributed by atoms with E-state index in [1.54, 1.807) is 13.0 Å². The summed E-state index contributed by atoms with van der Waals surface area (Å²) < 4.78 is 14.0. The minimum absolute atomic E-state index is 0.204. The van der Waals surface area contributed by atoms with Crippen LogP contribution in [0.1, 0.15) is 12.5 Å². The quantitative estimate of drug-likeness (QED) is 0.928. The number of aliphatic carboxylic acids is 1. The highest BCUT2D eigenvalue weighted by molar-refractivity contribution is 9.10. The number of rotatable bonds is 4. The number of carboxylic acid groups (broad SMARTS) is 1. The molecule has 1 atom stereocenters. The van der Waals surface area contributed by atoms with E-state index in [0.29, 0.717) is 6.54 Å². The van der Waals surface area contributed by atoms with Gasteiger partial charge < -0.3 is 5.11 Å². The fourth-order valence-corrected chi connectivity index (χ4v) is 2.53. The molecule has 5 heteroatoms. The molecule has 98 valence electrons. The van der Waals surface area contributed by atoms with Gasteiger partial charge in [0, 0.05) is 24.1 Å². The van der Waals surface area contributed by atoms with Crippen molar-refractivity contribution in [2.45, 2.75) is 13.5 Å². The van der Waals surface area contributed by atoms with E-state index in [1.165, 1.54) is 12.1 Å². The first-order valence-corrected chi connectivity index (χ1v) is 6.65. The van der Waals surface area contributed by atoms with Crippen LogP contribution in [0.2, 0.25) is 0 Å². The number of halogens is 2. The molecule has 2 rings (SSSR count). The molecule has 0 radical (unpaired) electrons. The third kappa shape index (κ3) is 2.90. The number of hydrogen-bond donors (Lipinski definition) is 1. The van der Waals surface area contributed by atoms with Crippen molar-refractivity contribution in [3.8, 4) is 0 Å². The first kappa shape index (κ1) is 13.5. The summed E-state index contributed by atoms with van der Waals surface area (Å²) in [6, 6.07) is 4.62. The van der Waals surface area contributed by atoms with Crippen molar-refractivity contribution in [1.29, 1.82) is 0 Å². The zero-order chi connectivity index (χ0) is 13.3. The molecule has 3 nitrogen and oxygen atoms in total. The first-order valence-electron chi connectivity index (χ1n) is 5.86. The normalized spacial score (nSPS) is 18.4. The summed E-state index contributed by atoms with van der Waals surface area (Å²) in [4.78, 5) is 13.0. The molecule has 1 saturated heterocycles. The summed E-state index contributed by atoms with van der Waals surface area (Å²) >= 11 is 3.39. The second-order valence-electron chi connectivity index (χ2n) is 4.82. The molecular weight excluding hydrogens is 301 g/mol. The van der Waals surface area contributed by atoms with Crippen LogP contribution >= 0.6 is 15.9 Å². The smallest absolute Gasteiger partial charge is 0.306 e. The highest BCUT2D eigenvalue weighted by Gasteiger charge is 2.34. The average molecular weight is 316 g/mol. The molecular formula is C13H15BrFNO2. The third-order valence-electron chi connectivity index (χ3n) is 3.48. The molecule has 0 bridgehead atoms. The van der Waals surface area contributed by atoms with Crippen LogP contribution in [0.3, 0.4) is 0 Å². The lowest BCUT2D eigenvalue weighted by atomic mass is 9.87. The number of nitrogens with zero attached hydrogens (tertiary/aromatic N) is 1. The Labute approximate surface area is 114 Å². The van der Waals surface area contributed by atoms with Crippen LogP contribution in [0.25, 0.3) is 0 Å². The summed E-state index contributed by atoms with van der Waals surface area (Å²) in [6.45, 7) is 3.91. The Morgan fingerprint density at radius 3 is 2.89 bits per heavy atom. The summed E-state index contributed by atoms with van der Waals surface area (Å²) in [6.07, 6.45) is 0. The highest BCUT2D eigenvalue weighted by Crippen LogP contribution is 2.27. The Morgan fingerprint density at radius 2 is 2.28 bits per heavy atom. The average Bonchev–Trinajstić information content (AvgIpc) is 2.26. The summed E-state index contributed by atoms with van der Waals surface area (Å²) in [5.74, 6) is -1.09. The van der Waals surface area contributed by atoms with Crippen LogP contribution in [0, 0.1) is 17.7 Å². The van der Waals surface area contributed by atoms with Crippen molar-refractivity contribution in [3.05, 3.63) is 34.1 Å². The van der Waals surface area contributed by atoms with Crippen molar-refractivity contribution >= 4 is 21.9 Å². The lowest BCUT2D eigenvalue weighted by molar-refractivity contribution is -0.145. The van der Waals surface area contributed by atoms with Crippen molar-refractivity contribution in [1.82, 2.24) is 4.90 Å². The monoisotopic (exact) mass is 315 g/mol. The Kier molecular flexibility index (Phi) is 4.02. The van der Waals surface area contributed by atoms with E-state index in [0.717, 1.165) is 23.1 Å². The largest absolute Gasteiger partial charge is 0.481 e. The molecule has 0 saturated carbocycles. The standard InChI is InChI=1S/C13H15BrFNO2/c1-8(13(17)18)10-6-16(7-10)5-9-4-11(15)2-3-12(9)14/h2-4,8,10H,5-7H2,1H3,(H,17,18). The SMILES string of the molecule is CC(C(=O)O)C1CN(Cc2cc(F)ccc2Br)C1.